The fourth-order valence-corrected chi connectivity index (χ4v) is 2.87. The Morgan fingerprint density at radius 2 is 2.32 bits per heavy atom. The molecule has 2 heterocycles. The van der Waals surface area contributed by atoms with Crippen LogP contribution in [0.4, 0.5) is 0 Å². The first-order valence-corrected chi connectivity index (χ1v) is 7.37. The van der Waals surface area contributed by atoms with Gasteiger partial charge in [0.05, 0.1) is 12.7 Å². The third-order valence-corrected chi connectivity index (χ3v) is 4.10. The van der Waals surface area contributed by atoms with Crippen LogP contribution in [-0.2, 0) is 14.3 Å². The SMILES string of the molecule is CC(OCC1CCCO1)C(=O)N1CCC(N)CC1C. The molecule has 0 spiro atoms. The van der Waals surface area contributed by atoms with E-state index in [-0.39, 0.29) is 30.2 Å². The van der Waals surface area contributed by atoms with E-state index in [9.17, 15) is 4.79 Å². The van der Waals surface area contributed by atoms with E-state index in [2.05, 4.69) is 6.92 Å². The molecule has 0 bridgehead atoms. The van der Waals surface area contributed by atoms with E-state index in [1.807, 2.05) is 11.8 Å². The highest BCUT2D eigenvalue weighted by atomic mass is 16.5. The van der Waals surface area contributed by atoms with E-state index >= 15 is 0 Å². The van der Waals surface area contributed by atoms with Crippen LogP contribution in [0, 0.1) is 0 Å². The predicted molar refractivity (Wildman–Crippen MR) is 72.8 cm³/mol. The molecule has 5 heteroatoms. The predicted octanol–water partition coefficient (Wildman–Crippen LogP) is 0.909. The molecular formula is C14H26N2O3. The number of piperidine rings is 1. The summed E-state index contributed by atoms with van der Waals surface area (Å²) in [6.07, 6.45) is 3.68. The van der Waals surface area contributed by atoms with Crippen molar-refractivity contribution in [2.45, 2.75) is 63.8 Å². The normalized spacial score (nSPS) is 33.4. The zero-order chi connectivity index (χ0) is 13.8. The number of amides is 1. The Bertz CT molecular complexity index is 305. The van der Waals surface area contributed by atoms with Crippen molar-refractivity contribution in [3.8, 4) is 0 Å². The summed E-state index contributed by atoms with van der Waals surface area (Å²) in [5.74, 6) is 0.0809. The number of carbonyl (C=O) groups is 1. The molecule has 110 valence electrons. The fourth-order valence-electron chi connectivity index (χ4n) is 2.87. The highest BCUT2D eigenvalue weighted by molar-refractivity contribution is 5.81. The second-order valence-corrected chi connectivity index (χ2v) is 5.78. The summed E-state index contributed by atoms with van der Waals surface area (Å²) in [6.45, 7) is 5.98. The molecule has 0 saturated carbocycles. The van der Waals surface area contributed by atoms with E-state index in [1.54, 1.807) is 0 Å². The van der Waals surface area contributed by atoms with Gasteiger partial charge in [-0.15, -0.1) is 0 Å². The van der Waals surface area contributed by atoms with Gasteiger partial charge in [0.25, 0.3) is 5.91 Å². The van der Waals surface area contributed by atoms with Crippen LogP contribution in [0.5, 0.6) is 0 Å². The molecule has 5 nitrogen and oxygen atoms in total. The lowest BCUT2D eigenvalue weighted by Gasteiger charge is -2.37. The van der Waals surface area contributed by atoms with Gasteiger partial charge in [0.1, 0.15) is 6.10 Å². The molecule has 0 aromatic carbocycles. The monoisotopic (exact) mass is 270 g/mol. The number of hydrogen-bond acceptors (Lipinski definition) is 4. The summed E-state index contributed by atoms with van der Waals surface area (Å²) in [5.41, 5.74) is 5.92. The van der Waals surface area contributed by atoms with Gasteiger partial charge in [-0.25, -0.2) is 0 Å². The highest BCUT2D eigenvalue weighted by Crippen LogP contribution is 2.18. The second-order valence-electron chi connectivity index (χ2n) is 5.78. The molecule has 0 aliphatic carbocycles. The van der Waals surface area contributed by atoms with Gasteiger partial charge in [0.2, 0.25) is 0 Å². The van der Waals surface area contributed by atoms with Crippen molar-refractivity contribution in [2.24, 2.45) is 5.73 Å². The summed E-state index contributed by atoms with van der Waals surface area (Å²) < 4.78 is 11.2. The first kappa shape index (κ1) is 14.8. The largest absolute Gasteiger partial charge is 0.376 e. The molecule has 0 radical (unpaired) electrons. The minimum atomic E-state index is -0.388. The Morgan fingerprint density at radius 3 is 2.95 bits per heavy atom. The van der Waals surface area contributed by atoms with Crippen LogP contribution in [0.1, 0.15) is 39.5 Å². The molecule has 19 heavy (non-hydrogen) atoms. The maximum atomic E-state index is 12.3. The Kier molecular flexibility index (Phi) is 5.19. The highest BCUT2D eigenvalue weighted by Gasteiger charge is 2.30. The lowest BCUT2D eigenvalue weighted by atomic mass is 9.98. The van der Waals surface area contributed by atoms with Gasteiger partial charge in [-0.05, 0) is 39.5 Å². The summed E-state index contributed by atoms with van der Waals surface area (Å²) in [7, 11) is 0. The van der Waals surface area contributed by atoms with Gasteiger partial charge in [0.15, 0.2) is 0 Å². The lowest BCUT2D eigenvalue weighted by Crippen LogP contribution is -2.51. The maximum absolute atomic E-state index is 12.3. The summed E-state index contributed by atoms with van der Waals surface area (Å²) in [4.78, 5) is 14.2. The second kappa shape index (κ2) is 6.68. The number of likely N-dealkylation sites (tertiary alicyclic amines) is 1. The Hall–Kier alpha value is -0.650. The molecule has 2 aliphatic heterocycles. The summed E-state index contributed by atoms with van der Waals surface area (Å²) in [6, 6.07) is 0.437. The molecule has 4 unspecified atom stereocenters. The standard InChI is InChI=1S/C14H26N2O3/c1-10-8-12(15)5-6-16(10)14(17)11(2)19-9-13-4-3-7-18-13/h10-13H,3-9,15H2,1-2H3. The fraction of sp³-hybridized carbons (Fsp3) is 0.929. The van der Waals surface area contributed by atoms with E-state index in [0.717, 1.165) is 38.8 Å². The van der Waals surface area contributed by atoms with Crippen LogP contribution >= 0.6 is 0 Å². The number of ether oxygens (including phenoxy) is 2. The van der Waals surface area contributed by atoms with E-state index in [0.29, 0.717) is 6.61 Å². The third kappa shape index (κ3) is 3.91. The van der Waals surface area contributed by atoms with Gasteiger partial charge in [0, 0.05) is 25.2 Å². The van der Waals surface area contributed by atoms with Crippen LogP contribution in [0.2, 0.25) is 0 Å². The van der Waals surface area contributed by atoms with Crippen molar-refractivity contribution in [1.29, 1.82) is 0 Å². The smallest absolute Gasteiger partial charge is 0.251 e. The van der Waals surface area contributed by atoms with Gasteiger partial charge in [-0.3, -0.25) is 4.79 Å². The molecule has 0 aromatic rings. The lowest BCUT2D eigenvalue weighted by molar-refractivity contribution is -0.148. The Balaban J connectivity index is 1.77. The number of carbonyl (C=O) groups excluding carboxylic acids is 1. The topological polar surface area (TPSA) is 64.8 Å². The molecule has 0 aromatic heterocycles. The molecule has 2 rings (SSSR count). The van der Waals surface area contributed by atoms with Gasteiger partial charge in [-0.1, -0.05) is 0 Å². The Labute approximate surface area is 115 Å². The van der Waals surface area contributed by atoms with Gasteiger partial charge < -0.3 is 20.1 Å². The molecule has 2 N–H and O–H groups in total. The zero-order valence-electron chi connectivity index (χ0n) is 12.0. The Morgan fingerprint density at radius 1 is 1.53 bits per heavy atom. The quantitative estimate of drug-likeness (QED) is 0.824. The van der Waals surface area contributed by atoms with Gasteiger partial charge in [-0.2, -0.15) is 0 Å². The van der Waals surface area contributed by atoms with Gasteiger partial charge >= 0.3 is 0 Å². The van der Waals surface area contributed by atoms with Crippen LogP contribution in [0.3, 0.4) is 0 Å². The number of rotatable bonds is 4. The van der Waals surface area contributed by atoms with Crippen LogP contribution in [-0.4, -0.2) is 54.9 Å². The maximum Gasteiger partial charge on any atom is 0.251 e. The van der Waals surface area contributed by atoms with Crippen molar-refractivity contribution >= 4 is 5.91 Å². The van der Waals surface area contributed by atoms with Crippen molar-refractivity contribution in [3.05, 3.63) is 0 Å². The van der Waals surface area contributed by atoms with Crippen LogP contribution < -0.4 is 5.73 Å². The molecular weight excluding hydrogens is 244 g/mol. The number of nitrogens with zero attached hydrogens (tertiary/aromatic N) is 1. The minimum Gasteiger partial charge on any atom is -0.376 e. The van der Waals surface area contributed by atoms with E-state index < -0.39 is 0 Å². The summed E-state index contributed by atoms with van der Waals surface area (Å²) >= 11 is 0. The van der Waals surface area contributed by atoms with E-state index in [4.69, 9.17) is 15.2 Å². The molecule has 2 aliphatic rings. The molecule has 4 atom stereocenters. The average molecular weight is 270 g/mol. The number of hydrogen-bond donors (Lipinski definition) is 1. The first-order chi connectivity index (χ1) is 9.08. The first-order valence-electron chi connectivity index (χ1n) is 7.37. The minimum absolute atomic E-state index is 0.0809. The van der Waals surface area contributed by atoms with Crippen molar-refractivity contribution in [3.63, 3.8) is 0 Å². The van der Waals surface area contributed by atoms with Crippen molar-refractivity contribution in [1.82, 2.24) is 4.90 Å². The van der Waals surface area contributed by atoms with Crippen LogP contribution in [0.15, 0.2) is 0 Å². The van der Waals surface area contributed by atoms with Crippen molar-refractivity contribution < 1.29 is 14.3 Å². The number of nitrogens with two attached hydrogens (primary N) is 1. The molecule has 1 amide bonds. The average Bonchev–Trinajstić information content (AvgIpc) is 2.88. The van der Waals surface area contributed by atoms with E-state index in [1.165, 1.54) is 0 Å². The third-order valence-electron chi connectivity index (χ3n) is 4.10. The molecule has 2 fully saturated rings. The summed E-state index contributed by atoms with van der Waals surface area (Å²) in [5, 5.41) is 0. The van der Waals surface area contributed by atoms with Crippen LogP contribution in [0.25, 0.3) is 0 Å². The zero-order valence-corrected chi connectivity index (χ0v) is 12.0. The molecule has 2 saturated heterocycles. The van der Waals surface area contributed by atoms with Crippen molar-refractivity contribution in [2.75, 3.05) is 19.8 Å².